The van der Waals surface area contributed by atoms with E-state index in [-0.39, 0.29) is 9.37 Å². The number of hydrogen-bond donors (Lipinski definition) is 3. The van der Waals surface area contributed by atoms with Gasteiger partial charge in [-0.05, 0) is 34.1 Å². The summed E-state index contributed by atoms with van der Waals surface area (Å²) in [5, 5.41) is 17.4. The lowest BCUT2D eigenvalue weighted by molar-refractivity contribution is -0.139. The predicted octanol–water partition coefficient (Wildman–Crippen LogP) is 0.312. The molecular formula is C9H9BrFNO5S. The minimum Gasteiger partial charge on any atom is -0.480 e. The van der Waals surface area contributed by atoms with Gasteiger partial charge in [0.25, 0.3) is 0 Å². The molecule has 1 aromatic rings. The molecule has 1 atom stereocenters. The molecule has 0 heterocycles. The molecule has 0 saturated heterocycles. The average molecular weight is 342 g/mol. The minimum atomic E-state index is -4.17. The summed E-state index contributed by atoms with van der Waals surface area (Å²) in [6, 6.07) is 1.18. The fourth-order valence-electron chi connectivity index (χ4n) is 1.11. The van der Waals surface area contributed by atoms with Gasteiger partial charge in [-0.3, -0.25) is 4.79 Å². The molecule has 100 valence electrons. The Labute approximate surface area is 111 Å². The second kappa shape index (κ2) is 5.74. The van der Waals surface area contributed by atoms with Gasteiger partial charge in [0, 0.05) is 4.47 Å². The van der Waals surface area contributed by atoms with Crippen molar-refractivity contribution in [3.05, 3.63) is 28.5 Å². The fourth-order valence-corrected chi connectivity index (χ4v) is 3.34. The maximum Gasteiger partial charge on any atom is 0.324 e. The number of carbonyl (C=O) groups is 1. The molecule has 1 rings (SSSR count). The Hall–Kier alpha value is -1.03. The summed E-state index contributed by atoms with van der Waals surface area (Å²) in [4.78, 5) is 10.3. The smallest absolute Gasteiger partial charge is 0.324 e. The van der Waals surface area contributed by atoms with Crippen LogP contribution < -0.4 is 4.72 Å². The summed E-state index contributed by atoms with van der Waals surface area (Å²) < 4.78 is 38.2. The van der Waals surface area contributed by atoms with E-state index < -0.39 is 34.5 Å². The highest BCUT2D eigenvalue weighted by molar-refractivity contribution is 9.10. The van der Waals surface area contributed by atoms with Crippen LogP contribution in [0.2, 0.25) is 0 Å². The number of carboxylic acids is 1. The van der Waals surface area contributed by atoms with Crippen LogP contribution in [0.4, 0.5) is 4.39 Å². The maximum absolute atomic E-state index is 12.8. The Morgan fingerprint density at radius 3 is 2.56 bits per heavy atom. The van der Waals surface area contributed by atoms with Gasteiger partial charge in [0.2, 0.25) is 10.0 Å². The molecule has 0 radical (unpaired) electrons. The second-order valence-corrected chi connectivity index (χ2v) is 5.81. The van der Waals surface area contributed by atoms with Crippen LogP contribution in [0.5, 0.6) is 0 Å². The molecule has 0 aliphatic heterocycles. The monoisotopic (exact) mass is 341 g/mol. The third-order valence-corrected chi connectivity index (χ3v) is 4.41. The highest BCUT2D eigenvalue weighted by atomic mass is 79.9. The van der Waals surface area contributed by atoms with Crippen molar-refractivity contribution < 1.29 is 27.8 Å². The first-order valence-corrected chi connectivity index (χ1v) is 6.86. The number of rotatable bonds is 5. The maximum atomic E-state index is 12.8. The van der Waals surface area contributed by atoms with E-state index in [1.807, 2.05) is 0 Å². The fraction of sp³-hybridized carbons (Fsp3) is 0.222. The molecule has 0 unspecified atom stereocenters. The van der Waals surface area contributed by atoms with E-state index in [1.165, 1.54) is 0 Å². The van der Waals surface area contributed by atoms with Crippen LogP contribution in [0.1, 0.15) is 0 Å². The van der Waals surface area contributed by atoms with Gasteiger partial charge in [0.1, 0.15) is 11.9 Å². The number of halogens is 2. The molecule has 0 fully saturated rings. The minimum absolute atomic E-state index is 0.0444. The Morgan fingerprint density at radius 1 is 1.50 bits per heavy atom. The summed E-state index contributed by atoms with van der Waals surface area (Å²) in [6.45, 7) is -0.895. The van der Waals surface area contributed by atoms with Crippen molar-refractivity contribution in [2.75, 3.05) is 6.61 Å². The lowest BCUT2D eigenvalue weighted by Crippen LogP contribution is -2.43. The highest BCUT2D eigenvalue weighted by Gasteiger charge is 2.26. The van der Waals surface area contributed by atoms with Gasteiger partial charge in [0.15, 0.2) is 0 Å². The first-order valence-electron chi connectivity index (χ1n) is 4.59. The zero-order valence-electron chi connectivity index (χ0n) is 8.80. The normalized spacial score (nSPS) is 13.3. The van der Waals surface area contributed by atoms with E-state index in [9.17, 15) is 17.6 Å². The average Bonchev–Trinajstić information content (AvgIpc) is 2.24. The van der Waals surface area contributed by atoms with E-state index >= 15 is 0 Å². The Morgan fingerprint density at radius 2 is 2.11 bits per heavy atom. The molecule has 0 saturated carbocycles. The van der Waals surface area contributed by atoms with Crippen molar-refractivity contribution in [1.82, 2.24) is 4.72 Å². The second-order valence-electron chi connectivity index (χ2n) is 3.27. The number of hydrogen-bond acceptors (Lipinski definition) is 4. The molecular weight excluding hydrogens is 333 g/mol. The summed E-state index contributed by atoms with van der Waals surface area (Å²) in [7, 11) is -4.17. The van der Waals surface area contributed by atoms with Gasteiger partial charge in [-0.2, -0.15) is 4.72 Å². The van der Waals surface area contributed by atoms with E-state index in [0.29, 0.717) is 0 Å². The van der Waals surface area contributed by atoms with Crippen LogP contribution >= 0.6 is 15.9 Å². The van der Waals surface area contributed by atoms with Gasteiger partial charge in [-0.1, -0.05) is 0 Å². The number of aliphatic carboxylic acids is 1. The molecule has 0 amide bonds. The number of aliphatic hydroxyl groups excluding tert-OH is 1. The van der Waals surface area contributed by atoms with Crippen molar-refractivity contribution in [3.8, 4) is 0 Å². The van der Waals surface area contributed by atoms with Crippen LogP contribution in [0.3, 0.4) is 0 Å². The first kappa shape index (κ1) is 15.0. The Balaban J connectivity index is 3.10. The van der Waals surface area contributed by atoms with E-state index in [1.54, 1.807) is 4.72 Å². The molecule has 9 heteroatoms. The lowest BCUT2D eigenvalue weighted by atomic mass is 10.3. The van der Waals surface area contributed by atoms with Crippen molar-refractivity contribution >= 4 is 31.9 Å². The first-order chi connectivity index (χ1) is 8.27. The standard InChI is InChI=1S/C9H9BrFNO5S/c10-6-3-5(11)1-2-8(6)18(16,17)12-7(4-13)9(14)15/h1-3,7,12-13H,4H2,(H,14,15)/t7-/m1/s1. The quantitative estimate of drug-likeness (QED) is 0.715. The van der Waals surface area contributed by atoms with E-state index in [2.05, 4.69) is 15.9 Å². The molecule has 0 bridgehead atoms. The number of aliphatic hydroxyl groups is 1. The number of benzene rings is 1. The zero-order chi connectivity index (χ0) is 13.9. The highest BCUT2D eigenvalue weighted by Crippen LogP contribution is 2.22. The summed E-state index contributed by atoms with van der Waals surface area (Å²) in [6.07, 6.45) is 0. The van der Waals surface area contributed by atoms with Crippen molar-refractivity contribution in [3.63, 3.8) is 0 Å². The molecule has 6 nitrogen and oxygen atoms in total. The predicted molar refractivity (Wildman–Crippen MR) is 62.9 cm³/mol. The number of sulfonamides is 1. The lowest BCUT2D eigenvalue weighted by Gasteiger charge is -2.13. The van der Waals surface area contributed by atoms with Gasteiger partial charge in [-0.15, -0.1) is 0 Å². The molecule has 18 heavy (non-hydrogen) atoms. The molecule has 0 aliphatic rings. The summed E-state index contributed by atoms with van der Waals surface area (Å²) in [5.41, 5.74) is 0. The van der Waals surface area contributed by atoms with Gasteiger partial charge in [0.05, 0.1) is 11.5 Å². The van der Waals surface area contributed by atoms with Crippen LogP contribution in [-0.2, 0) is 14.8 Å². The Kier molecular flexibility index (Phi) is 4.79. The Bertz CT molecular complexity index is 562. The van der Waals surface area contributed by atoms with E-state index in [0.717, 1.165) is 18.2 Å². The topological polar surface area (TPSA) is 104 Å². The SMILES string of the molecule is O=C(O)[C@@H](CO)NS(=O)(=O)c1ccc(F)cc1Br. The molecule has 0 aromatic heterocycles. The zero-order valence-corrected chi connectivity index (χ0v) is 11.2. The molecule has 1 aromatic carbocycles. The van der Waals surface area contributed by atoms with Crippen molar-refractivity contribution in [1.29, 1.82) is 0 Å². The molecule has 3 N–H and O–H groups in total. The van der Waals surface area contributed by atoms with E-state index in [4.69, 9.17) is 10.2 Å². The van der Waals surface area contributed by atoms with Gasteiger partial charge < -0.3 is 10.2 Å². The summed E-state index contributed by atoms with van der Waals surface area (Å²) in [5.74, 6) is -2.16. The van der Waals surface area contributed by atoms with Crippen LogP contribution in [-0.4, -0.2) is 37.2 Å². The van der Waals surface area contributed by atoms with Crippen molar-refractivity contribution in [2.24, 2.45) is 0 Å². The summed E-state index contributed by atoms with van der Waals surface area (Å²) >= 11 is 2.86. The van der Waals surface area contributed by atoms with Crippen LogP contribution in [0.15, 0.2) is 27.6 Å². The number of nitrogens with one attached hydrogen (secondary N) is 1. The molecule has 0 aliphatic carbocycles. The third-order valence-electron chi connectivity index (χ3n) is 1.96. The van der Waals surface area contributed by atoms with Gasteiger partial charge >= 0.3 is 5.97 Å². The van der Waals surface area contributed by atoms with Crippen LogP contribution in [0.25, 0.3) is 0 Å². The van der Waals surface area contributed by atoms with Crippen LogP contribution in [0, 0.1) is 5.82 Å². The molecule has 0 spiro atoms. The largest absolute Gasteiger partial charge is 0.480 e. The number of carboxylic acid groups (broad SMARTS) is 1. The van der Waals surface area contributed by atoms with Gasteiger partial charge in [-0.25, -0.2) is 12.8 Å². The third kappa shape index (κ3) is 3.48. The van der Waals surface area contributed by atoms with Crippen molar-refractivity contribution in [2.45, 2.75) is 10.9 Å².